The molecule has 4 heteroatoms. The van der Waals surface area contributed by atoms with Crippen molar-refractivity contribution >= 4 is 5.91 Å². The zero-order chi connectivity index (χ0) is 15.3. The lowest BCUT2D eigenvalue weighted by atomic mass is 9.87. The van der Waals surface area contributed by atoms with Gasteiger partial charge in [-0.2, -0.15) is 0 Å². The average Bonchev–Trinajstić information content (AvgIpc) is 2.54. The number of benzene rings is 1. The van der Waals surface area contributed by atoms with Crippen LogP contribution < -0.4 is 11.5 Å². The van der Waals surface area contributed by atoms with Crippen molar-refractivity contribution in [1.29, 1.82) is 0 Å². The van der Waals surface area contributed by atoms with E-state index in [0.29, 0.717) is 12.6 Å². The minimum absolute atomic E-state index is 0.456. The summed E-state index contributed by atoms with van der Waals surface area (Å²) in [6.07, 6.45) is 6.23. The minimum Gasteiger partial charge on any atom is -0.368 e. The molecule has 116 valence electrons. The number of amides is 1. The Bertz CT molecular complexity index is 456. The largest absolute Gasteiger partial charge is 0.368 e. The van der Waals surface area contributed by atoms with Gasteiger partial charge >= 0.3 is 0 Å². The van der Waals surface area contributed by atoms with Gasteiger partial charge in [0.25, 0.3) is 0 Å². The maximum atomic E-state index is 12.0. The first-order valence-corrected chi connectivity index (χ1v) is 7.96. The topological polar surface area (TPSA) is 72.3 Å². The summed E-state index contributed by atoms with van der Waals surface area (Å²) in [5, 5.41) is 0. The number of hydrogen-bond donors (Lipinski definition) is 2. The van der Waals surface area contributed by atoms with E-state index < -0.39 is 11.4 Å². The molecule has 0 spiro atoms. The summed E-state index contributed by atoms with van der Waals surface area (Å²) < 4.78 is 0. The van der Waals surface area contributed by atoms with Crippen LogP contribution in [0.1, 0.15) is 44.6 Å². The number of nitrogens with zero attached hydrogens (tertiary/aromatic N) is 1. The first kappa shape index (κ1) is 16.0. The lowest BCUT2D eigenvalue weighted by molar-refractivity contribution is -0.124. The summed E-state index contributed by atoms with van der Waals surface area (Å²) in [4.78, 5) is 14.4. The molecule has 1 aromatic rings. The van der Waals surface area contributed by atoms with Gasteiger partial charge in [0.15, 0.2) is 0 Å². The molecule has 1 fully saturated rings. The van der Waals surface area contributed by atoms with Gasteiger partial charge in [0.1, 0.15) is 5.54 Å². The molecule has 0 bridgehead atoms. The molecule has 1 aliphatic rings. The fraction of sp³-hybridized carbons (Fsp3) is 0.588. The predicted molar refractivity (Wildman–Crippen MR) is 85.6 cm³/mol. The molecule has 0 aromatic heterocycles. The maximum Gasteiger partial charge on any atom is 0.243 e. The first-order valence-electron chi connectivity index (χ1n) is 7.96. The van der Waals surface area contributed by atoms with Crippen LogP contribution in [0.3, 0.4) is 0 Å². The molecule has 4 N–H and O–H groups in total. The Labute approximate surface area is 127 Å². The Morgan fingerprint density at radius 1 is 1.24 bits per heavy atom. The van der Waals surface area contributed by atoms with Gasteiger partial charge in [0.2, 0.25) is 5.91 Å². The molecular weight excluding hydrogens is 262 g/mol. The van der Waals surface area contributed by atoms with Crippen LogP contribution in [0, 0.1) is 0 Å². The van der Waals surface area contributed by atoms with Crippen LogP contribution in [0.25, 0.3) is 0 Å². The summed E-state index contributed by atoms with van der Waals surface area (Å²) in [6.45, 7) is 3.51. The van der Waals surface area contributed by atoms with E-state index in [4.69, 9.17) is 11.5 Å². The van der Waals surface area contributed by atoms with Crippen molar-refractivity contribution in [2.24, 2.45) is 11.5 Å². The third-order valence-electron chi connectivity index (χ3n) is 4.68. The molecule has 4 nitrogen and oxygen atoms in total. The SMILES string of the molecule is CCN(CC(N)(C(N)=O)c1ccccc1)C1CCCCC1. The second kappa shape index (κ2) is 7.05. The maximum absolute atomic E-state index is 12.0. The number of hydrogen-bond acceptors (Lipinski definition) is 3. The van der Waals surface area contributed by atoms with Gasteiger partial charge in [-0.3, -0.25) is 9.69 Å². The summed E-state index contributed by atoms with van der Waals surface area (Å²) in [7, 11) is 0. The first-order chi connectivity index (χ1) is 10.1. The van der Waals surface area contributed by atoms with Crippen molar-refractivity contribution in [2.75, 3.05) is 13.1 Å². The molecule has 1 unspecified atom stereocenters. The predicted octanol–water partition coefficient (Wildman–Crippen LogP) is 1.98. The molecule has 1 saturated carbocycles. The van der Waals surface area contributed by atoms with Crippen LogP contribution in [0.2, 0.25) is 0 Å². The molecule has 1 atom stereocenters. The van der Waals surface area contributed by atoms with Gasteiger partial charge in [0.05, 0.1) is 0 Å². The highest BCUT2D eigenvalue weighted by molar-refractivity contribution is 5.86. The standard InChI is InChI=1S/C17H27N3O/c1-2-20(15-11-7-4-8-12-15)13-17(19,16(18)21)14-9-5-3-6-10-14/h3,5-6,9-10,15H,2,4,7-8,11-13,19H2,1H3,(H2,18,21). The molecule has 21 heavy (non-hydrogen) atoms. The minimum atomic E-state index is -1.12. The lowest BCUT2D eigenvalue weighted by Gasteiger charge is -2.39. The van der Waals surface area contributed by atoms with Crippen LogP contribution >= 0.6 is 0 Å². The van der Waals surface area contributed by atoms with Gasteiger partial charge in [0, 0.05) is 12.6 Å². The van der Waals surface area contributed by atoms with Gasteiger partial charge < -0.3 is 11.5 Å². The number of rotatable bonds is 6. The second-order valence-electron chi connectivity index (χ2n) is 6.06. The van der Waals surface area contributed by atoms with Gasteiger partial charge in [-0.1, -0.05) is 56.5 Å². The fourth-order valence-electron chi connectivity index (χ4n) is 3.31. The normalized spacial score (nSPS) is 19.4. The summed E-state index contributed by atoms with van der Waals surface area (Å²) in [6, 6.07) is 10.0. The lowest BCUT2D eigenvalue weighted by Crippen LogP contribution is -2.58. The van der Waals surface area contributed by atoms with Crippen molar-refractivity contribution in [3.8, 4) is 0 Å². The number of likely N-dealkylation sites (N-methyl/N-ethyl adjacent to an activating group) is 1. The van der Waals surface area contributed by atoms with Crippen molar-refractivity contribution < 1.29 is 4.79 Å². The van der Waals surface area contributed by atoms with Crippen LogP contribution in [0.5, 0.6) is 0 Å². The van der Waals surface area contributed by atoms with Gasteiger partial charge in [-0.15, -0.1) is 0 Å². The Morgan fingerprint density at radius 2 is 1.86 bits per heavy atom. The monoisotopic (exact) mass is 289 g/mol. The number of nitrogens with two attached hydrogens (primary N) is 2. The summed E-state index contributed by atoms with van der Waals surface area (Å²) in [5.74, 6) is -0.456. The molecule has 0 saturated heterocycles. The molecule has 1 amide bonds. The highest BCUT2D eigenvalue weighted by Gasteiger charge is 2.37. The van der Waals surface area contributed by atoms with E-state index in [-0.39, 0.29) is 0 Å². The van der Waals surface area contributed by atoms with E-state index in [1.54, 1.807) is 0 Å². The van der Waals surface area contributed by atoms with E-state index in [9.17, 15) is 4.79 Å². The molecule has 0 aliphatic heterocycles. The molecule has 2 rings (SSSR count). The van der Waals surface area contributed by atoms with E-state index in [2.05, 4.69) is 11.8 Å². The van der Waals surface area contributed by atoms with Crippen LogP contribution in [-0.4, -0.2) is 29.9 Å². The Balaban J connectivity index is 2.20. The Kier molecular flexibility index (Phi) is 5.37. The average molecular weight is 289 g/mol. The smallest absolute Gasteiger partial charge is 0.243 e. The molecular formula is C17H27N3O. The van der Waals surface area contributed by atoms with E-state index in [1.165, 1.54) is 32.1 Å². The molecule has 1 aromatic carbocycles. The zero-order valence-corrected chi connectivity index (χ0v) is 12.9. The second-order valence-corrected chi connectivity index (χ2v) is 6.06. The fourth-order valence-corrected chi connectivity index (χ4v) is 3.31. The number of carbonyl (C=O) groups excluding carboxylic acids is 1. The number of primary amides is 1. The van der Waals surface area contributed by atoms with Crippen molar-refractivity contribution in [2.45, 2.75) is 50.6 Å². The Morgan fingerprint density at radius 3 is 2.38 bits per heavy atom. The quantitative estimate of drug-likeness (QED) is 0.841. The highest BCUT2D eigenvalue weighted by atomic mass is 16.1. The molecule has 1 aliphatic carbocycles. The van der Waals surface area contributed by atoms with Gasteiger partial charge in [-0.25, -0.2) is 0 Å². The van der Waals surface area contributed by atoms with Crippen molar-refractivity contribution in [3.63, 3.8) is 0 Å². The number of carbonyl (C=O) groups is 1. The van der Waals surface area contributed by atoms with Crippen molar-refractivity contribution in [3.05, 3.63) is 35.9 Å². The third kappa shape index (κ3) is 3.63. The Hall–Kier alpha value is -1.39. The summed E-state index contributed by atoms with van der Waals surface area (Å²) >= 11 is 0. The van der Waals surface area contributed by atoms with Crippen LogP contribution in [0.4, 0.5) is 0 Å². The van der Waals surface area contributed by atoms with E-state index in [0.717, 1.165) is 12.1 Å². The highest BCUT2D eigenvalue weighted by Crippen LogP contribution is 2.26. The zero-order valence-electron chi connectivity index (χ0n) is 12.9. The van der Waals surface area contributed by atoms with Gasteiger partial charge in [-0.05, 0) is 24.9 Å². The third-order valence-corrected chi connectivity index (χ3v) is 4.68. The van der Waals surface area contributed by atoms with E-state index >= 15 is 0 Å². The molecule has 0 radical (unpaired) electrons. The van der Waals surface area contributed by atoms with Crippen LogP contribution in [0.15, 0.2) is 30.3 Å². The van der Waals surface area contributed by atoms with Crippen LogP contribution in [-0.2, 0) is 10.3 Å². The van der Waals surface area contributed by atoms with E-state index in [1.807, 2.05) is 30.3 Å². The summed E-state index contributed by atoms with van der Waals surface area (Å²) in [5.41, 5.74) is 11.8. The molecule has 0 heterocycles. The van der Waals surface area contributed by atoms with Crippen molar-refractivity contribution in [1.82, 2.24) is 4.90 Å².